The minimum Gasteiger partial charge on any atom is -0.476 e. The lowest BCUT2D eigenvalue weighted by atomic mass is 9.98. The molecule has 0 unspecified atom stereocenters. The molecule has 0 N–H and O–H groups in total. The van der Waals surface area contributed by atoms with Gasteiger partial charge in [0.15, 0.2) is 0 Å². The van der Waals surface area contributed by atoms with E-state index in [1.165, 1.54) is 0 Å². The molecule has 0 saturated carbocycles. The second-order valence-corrected chi connectivity index (χ2v) is 5.65. The van der Waals surface area contributed by atoms with E-state index in [2.05, 4.69) is 24.8 Å². The smallest absolute Gasteiger partial charge is 0.235 e. The normalized spacial score (nSPS) is 15.8. The molecule has 0 radical (unpaired) electrons. The summed E-state index contributed by atoms with van der Waals surface area (Å²) in [5.41, 5.74) is 0.844. The van der Waals surface area contributed by atoms with Gasteiger partial charge in [0.2, 0.25) is 5.88 Å². The van der Waals surface area contributed by atoms with Crippen LogP contribution < -0.4 is 9.64 Å². The first-order valence-electron chi connectivity index (χ1n) is 7.67. The third kappa shape index (κ3) is 3.50. The maximum absolute atomic E-state index is 5.82. The second kappa shape index (κ2) is 6.68. The van der Waals surface area contributed by atoms with Crippen molar-refractivity contribution in [1.29, 1.82) is 0 Å². The highest BCUT2D eigenvalue weighted by Gasteiger charge is 2.21. The number of rotatable bonds is 4. The first kappa shape index (κ1) is 14.7. The van der Waals surface area contributed by atoms with Crippen LogP contribution in [0.3, 0.4) is 0 Å². The zero-order valence-electron chi connectivity index (χ0n) is 13.1. The summed E-state index contributed by atoms with van der Waals surface area (Å²) in [4.78, 5) is 19.4. The Morgan fingerprint density at radius 1 is 1.09 bits per heavy atom. The third-order valence-electron chi connectivity index (χ3n) is 3.99. The summed E-state index contributed by atoms with van der Waals surface area (Å²) in [6, 6.07) is 1.98. The van der Waals surface area contributed by atoms with Gasteiger partial charge in [0, 0.05) is 31.7 Å². The van der Waals surface area contributed by atoms with Crippen LogP contribution in [0.1, 0.15) is 24.4 Å². The Hall–Kier alpha value is -2.24. The van der Waals surface area contributed by atoms with Gasteiger partial charge in [-0.15, -0.1) is 0 Å². The zero-order chi connectivity index (χ0) is 15.4. The van der Waals surface area contributed by atoms with Crippen LogP contribution in [-0.2, 0) is 0 Å². The Balaban J connectivity index is 1.51. The molecule has 2 aromatic heterocycles. The fraction of sp³-hybridized carbons (Fsp3) is 0.500. The van der Waals surface area contributed by atoms with Crippen molar-refractivity contribution in [2.45, 2.75) is 26.7 Å². The van der Waals surface area contributed by atoms with E-state index in [9.17, 15) is 0 Å². The first-order valence-corrected chi connectivity index (χ1v) is 7.67. The van der Waals surface area contributed by atoms with E-state index in [1.54, 1.807) is 12.4 Å². The molecule has 2 aromatic rings. The number of piperidine rings is 1. The molecular formula is C16H21N5O. The Bertz CT molecular complexity index is 625. The molecule has 0 amide bonds. The van der Waals surface area contributed by atoms with Crippen LogP contribution >= 0.6 is 0 Å². The highest BCUT2D eigenvalue weighted by molar-refractivity contribution is 5.37. The SMILES string of the molecule is Cc1nccc(N2CCC(COc3nccnc3C)CC2)n1. The van der Waals surface area contributed by atoms with Gasteiger partial charge in [0.25, 0.3) is 0 Å². The molecule has 1 aliphatic rings. The minimum absolute atomic E-state index is 0.556. The van der Waals surface area contributed by atoms with Crippen LogP contribution in [0.5, 0.6) is 5.88 Å². The largest absolute Gasteiger partial charge is 0.476 e. The number of aromatic nitrogens is 4. The van der Waals surface area contributed by atoms with Crippen LogP contribution in [0.2, 0.25) is 0 Å². The van der Waals surface area contributed by atoms with Gasteiger partial charge < -0.3 is 9.64 Å². The van der Waals surface area contributed by atoms with Crippen LogP contribution in [0.4, 0.5) is 5.82 Å². The van der Waals surface area contributed by atoms with Crippen molar-refractivity contribution in [3.05, 3.63) is 36.2 Å². The summed E-state index contributed by atoms with van der Waals surface area (Å²) in [7, 11) is 0. The number of aryl methyl sites for hydroxylation is 2. The average Bonchev–Trinajstić information content (AvgIpc) is 2.55. The molecule has 22 heavy (non-hydrogen) atoms. The molecular weight excluding hydrogens is 278 g/mol. The van der Waals surface area contributed by atoms with Crippen LogP contribution in [0, 0.1) is 19.8 Å². The maximum atomic E-state index is 5.82. The summed E-state index contributed by atoms with van der Waals surface area (Å²) in [6.45, 7) is 6.56. The number of anilines is 1. The molecule has 1 aliphatic heterocycles. The Morgan fingerprint density at radius 3 is 2.59 bits per heavy atom. The van der Waals surface area contributed by atoms with Gasteiger partial charge in [-0.1, -0.05) is 0 Å². The quantitative estimate of drug-likeness (QED) is 0.862. The van der Waals surface area contributed by atoms with E-state index in [-0.39, 0.29) is 0 Å². The van der Waals surface area contributed by atoms with E-state index in [1.807, 2.05) is 26.1 Å². The maximum Gasteiger partial charge on any atom is 0.235 e. The predicted molar refractivity (Wildman–Crippen MR) is 84.0 cm³/mol. The summed E-state index contributed by atoms with van der Waals surface area (Å²) in [5, 5.41) is 0. The third-order valence-corrected chi connectivity index (χ3v) is 3.99. The fourth-order valence-corrected chi connectivity index (χ4v) is 2.68. The lowest BCUT2D eigenvalue weighted by Gasteiger charge is -2.32. The van der Waals surface area contributed by atoms with Gasteiger partial charge in [-0.05, 0) is 38.7 Å². The molecule has 0 bridgehead atoms. The fourth-order valence-electron chi connectivity index (χ4n) is 2.68. The van der Waals surface area contributed by atoms with Crippen molar-refractivity contribution in [2.24, 2.45) is 5.92 Å². The molecule has 0 spiro atoms. The topological polar surface area (TPSA) is 64.0 Å². The molecule has 3 rings (SSSR count). The van der Waals surface area contributed by atoms with Crippen LogP contribution in [0.15, 0.2) is 24.7 Å². The van der Waals surface area contributed by atoms with Gasteiger partial charge in [0.05, 0.1) is 12.3 Å². The highest BCUT2D eigenvalue weighted by atomic mass is 16.5. The van der Waals surface area contributed by atoms with Gasteiger partial charge in [0.1, 0.15) is 11.6 Å². The number of hydrogen-bond acceptors (Lipinski definition) is 6. The van der Waals surface area contributed by atoms with E-state index in [0.717, 1.165) is 43.3 Å². The predicted octanol–water partition coefficient (Wildman–Crippen LogP) is 2.18. The van der Waals surface area contributed by atoms with Gasteiger partial charge in [-0.2, -0.15) is 0 Å². The monoisotopic (exact) mass is 299 g/mol. The van der Waals surface area contributed by atoms with Crippen molar-refractivity contribution in [1.82, 2.24) is 19.9 Å². The van der Waals surface area contributed by atoms with Crippen molar-refractivity contribution in [3.8, 4) is 5.88 Å². The molecule has 1 fully saturated rings. The molecule has 6 nitrogen and oxygen atoms in total. The molecule has 116 valence electrons. The lowest BCUT2D eigenvalue weighted by molar-refractivity contribution is 0.214. The summed E-state index contributed by atoms with van der Waals surface area (Å²) >= 11 is 0. The zero-order valence-corrected chi connectivity index (χ0v) is 13.1. The number of nitrogens with zero attached hydrogens (tertiary/aromatic N) is 5. The average molecular weight is 299 g/mol. The van der Waals surface area contributed by atoms with E-state index >= 15 is 0 Å². The van der Waals surface area contributed by atoms with Gasteiger partial charge in [-0.3, -0.25) is 4.98 Å². The molecule has 3 heterocycles. The summed E-state index contributed by atoms with van der Waals surface area (Å²) in [6.07, 6.45) is 7.38. The minimum atomic E-state index is 0.556. The van der Waals surface area contributed by atoms with Crippen molar-refractivity contribution in [2.75, 3.05) is 24.6 Å². The Kier molecular flexibility index (Phi) is 4.46. The summed E-state index contributed by atoms with van der Waals surface area (Å²) < 4.78 is 5.82. The highest BCUT2D eigenvalue weighted by Crippen LogP contribution is 2.22. The van der Waals surface area contributed by atoms with Crippen LogP contribution in [0.25, 0.3) is 0 Å². The van der Waals surface area contributed by atoms with Crippen molar-refractivity contribution in [3.63, 3.8) is 0 Å². The Labute approximate surface area is 130 Å². The second-order valence-electron chi connectivity index (χ2n) is 5.65. The number of ether oxygens (including phenoxy) is 1. The van der Waals surface area contributed by atoms with E-state index < -0.39 is 0 Å². The van der Waals surface area contributed by atoms with Gasteiger partial charge >= 0.3 is 0 Å². The van der Waals surface area contributed by atoms with Gasteiger partial charge in [-0.25, -0.2) is 15.0 Å². The van der Waals surface area contributed by atoms with Crippen molar-refractivity contribution < 1.29 is 4.74 Å². The van der Waals surface area contributed by atoms with Crippen LogP contribution in [-0.4, -0.2) is 39.6 Å². The van der Waals surface area contributed by atoms with E-state index in [0.29, 0.717) is 18.4 Å². The lowest BCUT2D eigenvalue weighted by Crippen LogP contribution is -2.36. The molecule has 6 heteroatoms. The van der Waals surface area contributed by atoms with Crippen molar-refractivity contribution >= 4 is 5.82 Å². The Morgan fingerprint density at radius 2 is 1.86 bits per heavy atom. The first-order chi connectivity index (χ1) is 10.7. The molecule has 1 saturated heterocycles. The standard InChI is InChI=1S/C16H21N5O/c1-12-16(19-8-7-17-12)22-11-14-4-9-21(10-5-14)15-3-6-18-13(2)20-15/h3,6-8,14H,4-5,9-11H2,1-2H3. The molecule has 0 aliphatic carbocycles. The summed E-state index contributed by atoms with van der Waals surface area (Å²) in [5.74, 6) is 3.05. The number of hydrogen-bond donors (Lipinski definition) is 0. The molecule has 0 atom stereocenters. The molecule has 0 aromatic carbocycles. The van der Waals surface area contributed by atoms with E-state index in [4.69, 9.17) is 4.74 Å².